The maximum Gasteiger partial charge on any atom is 0.500 e. The summed E-state index contributed by atoms with van der Waals surface area (Å²) in [5.41, 5.74) is 0. The Kier molecular flexibility index (Phi) is 7.97. The normalized spacial score (nSPS) is 11.3. The number of nitrogens with one attached hydrogen (secondary N) is 1. The summed E-state index contributed by atoms with van der Waals surface area (Å²) in [5, 5.41) is 2.65. The predicted molar refractivity (Wildman–Crippen MR) is 64.5 cm³/mol. The molecule has 7 heteroatoms. The fourth-order valence-electron chi connectivity index (χ4n) is 1.38. The molecule has 0 aromatic rings. The predicted octanol–water partition coefficient (Wildman–Crippen LogP) is 0.350. The minimum atomic E-state index is -2.54. The Morgan fingerprint density at radius 2 is 1.65 bits per heavy atom. The van der Waals surface area contributed by atoms with Crippen LogP contribution in [0.15, 0.2) is 0 Å². The monoisotopic (exact) mass is 263 g/mol. The van der Waals surface area contributed by atoms with Crippen LogP contribution < -0.4 is 5.32 Å². The first-order valence-electron chi connectivity index (χ1n) is 5.41. The van der Waals surface area contributed by atoms with Crippen LogP contribution in [0.5, 0.6) is 0 Å². The van der Waals surface area contributed by atoms with Crippen LogP contribution in [0.1, 0.15) is 19.8 Å². The van der Waals surface area contributed by atoms with Gasteiger partial charge in [0.2, 0.25) is 5.91 Å². The number of hydrogen-bond donors (Lipinski definition) is 1. The number of amides is 1. The van der Waals surface area contributed by atoms with Crippen LogP contribution in [0.4, 0.5) is 0 Å². The highest BCUT2D eigenvalue weighted by Gasteiger charge is 2.36. The molecule has 0 spiro atoms. The highest BCUT2D eigenvalue weighted by molar-refractivity contribution is 6.60. The molecular weight excluding hydrogens is 242 g/mol. The van der Waals surface area contributed by atoms with Gasteiger partial charge >= 0.3 is 8.80 Å². The molecule has 0 saturated heterocycles. The first-order valence-corrected chi connectivity index (χ1v) is 7.34. The van der Waals surface area contributed by atoms with Crippen LogP contribution in [0.3, 0.4) is 0 Å². The minimum absolute atomic E-state index is 0.0681. The summed E-state index contributed by atoms with van der Waals surface area (Å²) in [4.78, 5) is 21.8. The third-order valence-electron chi connectivity index (χ3n) is 2.32. The van der Waals surface area contributed by atoms with E-state index in [1.807, 2.05) is 0 Å². The lowest BCUT2D eigenvalue weighted by Gasteiger charge is -2.24. The van der Waals surface area contributed by atoms with E-state index in [0.717, 1.165) is 0 Å². The number of carbonyl (C=O) groups is 2. The number of carbonyl (C=O) groups excluding carboxylic acids is 2. The van der Waals surface area contributed by atoms with Gasteiger partial charge in [0.05, 0.1) is 6.42 Å². The summed E-state index contributed by atoms with van der Waals surface area (Å²) in [7, 11) is 2.11. The molecule has 0 bridgehead atoms. The molecule has 0 saturated carbocycles. The molecule has 0 aliphatic rings. The summed E-state index contributed by atoms with van der Waals surface area (Å²) in [6.45, 7) is 1.87. The Balaban J connectivity index is 3.83. The zero-order valence-corrected chi connectivity index (χ0v) is 11.9. The number of Topliss-reactive ketones (excluding diaryl/α,β-unsaturated/α-hetero) is 1. The van der Waals surface area contributed by atoms with Gasteiger partial charge in [0.25, 0.3) is 0 Å². The zero-order chi connectivity index (χ0) is 13.3. The van der Waals surface area contributed by atoms with Gasteiger partial charge in [-0.2, -0.15) is 0 Å². The van der Waals surface area contributed by atoms with Crippen LogP contribution in [0.2, 0.25) is 6.04 Å². The van der Waals surface area contributed by atoms with Crippen molar-refractivity contribution in [1.82, 2.24) is 5.32 Å². The Morgan fingerprint density at radius 1 is 1.12 bits per heavy atom. The molecule has 1 amide bonds. The van der Waals surface area contributed by atoms with E-state index in [1.165, 1.54) is 6.92 Å². The molecule has 0 aliphatic heterocycles. The molecule has 0 rings (SSSR count). The third kappa shape index (κ3) is 6.52. The van der Waals surface area contributed by atoms with Gasteiger partial charge in [-0.05, 0) is 13.3 Å². The maximum atomic E-state index is 11.2. The molecule has 0 aromatic heterocycles. The lowest BCUT2D eigenvalue weighted by molar-refractivity contribution is -0.127. The molecule has 0 unspecified atom stereocenters. The molecule has 17 heavy (non-hydrogen) atoms. The Bertz CT molecular complexity index is 247. The van der Waals surface area contributed by atoms with Crippen molar-refractivity contribution in [3.8, 4) is 0 Å². The van der Waals surface area contributed by atoms with E-state index in [0.29, 0.717) is 19.0 Å². The van der Waals surface area contributed by atoms with E-state index in [9.17, 15) is 9.59 Å². The number of ketones is 1. The highest BCUT2D eigenvalue weighted by atomic mass is 28.4. The van der Waals surface area contributed by atoms with Crippen molar-refractivity contribution in [3.05, 3.63) is 0 Å². The third-order valence-corrected chi connectivity index (χ3v) is 5.16. The summed E-state index contributed by atoms with van der Waals surface area (Å²) >= 11 is 0. The zero-order valence-electron chi connectivity index (χ0n) is 10.9. The topological polar surface area (TPSA) is 73.9 Å². The molecule has 0 heterocycles. The Labute approximate surface area is 103 Å². The average molecular weight is 263 g/mol. The lowest BCUT2D eigenvalue weighted by Crippen LogP contribution is -2.43. The van der Waals surface area contributed by atoms with Gasteiger partial charge < -0.3 is 18.6 Å². The van der Waals surface area contributed by atoms with Gasteiger partial charge in [0.15, 0.2) is 0 Å². The van der Waals surface area contributed by atoms with Crippen molar-refractivity contribution in [2.24, 2.45) is 0 Å². The fourth-order valence-corrected chi connectivity index (χ4v) is 3.10. The standard InChI is InChI=1S/C10H21NO5Si/c1-9(12)8-10(13)11-6-5-7-17(14-2,15-3)16-4/h5-8H2,1-4H3,(H,11,13). The molecule has 6 nitrogen and oxygen atoms in total. The van der Waals surface area contributed by atoms with Crippen molar-refractivity contribution < 1.29 is 22.9 Å². The Hall–Kier alpha value is -0.763. The van der Waals surface area contributed by atoms with Crippen molar-refractivity contribution in [1.29, 1.82) is 0 Å². The van der Waals surface area contributed by atoms with E-state index < -0.39 is 8.80 Å². The SMILES string of the molecule is CO[Si](CCCNC(=O)CC(C)=O)(OC)OC. The summed E-state index contributed by atoms with van der Waals surface area (Å²) in [5.74, 6) is -0.395. The van der Waals surface area contributed by atoms with E-state index in [2.05, 4.69) is 5.32 Å². The van der Waals surface area contributed by atoms with E-state index in [1.54, 1.807) is 21.3 Å². The van der Waals surface area contributed by atoms with Gasteiger partial charge in [0.1, 0.15) is 5.78 Å². The number of hydrogen-bond acceptors (Lipinski definition) is 5. The fraction of sp³-hybridized carbons (Fsp3) is 0.800. The number of rotatable bonds is 9. The van der Waals surface area contributed by atoms with Crippen molar-refractivity contribution in [2.45, 2.75) is 25.8 Å². The van der Waals surface area contributed by atoms with Gasteiger partial charge in [0, 0.05) is 33.9 Å². The van der Waals surface area contributed by atoms with Gasteiger partial charge in [-0.1, -0.05) is 0 Å². The highest BCUT2D eigenvalue weighted by Crippen LogP contribution is 2.14. The summed E-state index contributed by atoms with van der Waals surface area (Å²) < 4.78 is 15.7. The molecule has 0 aliphatic carbocycles. The first kappa shape index (κ1) is 16.2. The van der Waals surface area contributed by atoms with Crippen molar-refractivity contribution in [2.75, 3.05) is 27.9 Å². The quantitative estimate of drug-likeness (QED) is 0.369. The molecule has 1 N–H and O–H groups in total. The summed E-state index contributed by atoms with van der Waals surface area (Å²) in [6, 6.07) is 0.622. The second-order valence-corrected chi connectivity index (χ2v) is 6.72. The van der Waals surface area contributed by atoms with Gasteiger partial charge in [-0.15, -0.1) is 0 Å². The molecule has 0 radical (unpaired) electrons. The molecule has 100 valence electrons. The first-order chi connectivity index (χ1) is 7.99. The lowest BCUT2D eigenvalue weighted by atomic mass is 10.3. The van der Waals surface area contributed by atoms with Crippen molar-refractivity contribution in [3.63, 3.8) is 0 Å². The smallest absolute Gasteiger partial charge is 0.377 e. The minimum Gasteiger partial charge on any atom is -0.377 e. The van der Waals surface area contributed by atoms with E-state index >= 15 is 0 Å². The molecule has 0 fully saturated rings. The van der Waals surface area contributed by atoms with Crippen LogP contribution in [-0.4, -0.2) is 48.4 Å². The largest absolute Gasteiger partial charge is 0.500 e. The second kappa shape index (κ2) is 8.35. The molecular formula is C10H21NO5Si. The molecule has 0 atom stereocenters. The Morgan fingerprint density at radius 3 is 2.06 bits per heavy atom. The van der Waals surface area contributed by atoms with E-state index in [-0.39, 0.29) is 18.1 Å². The van der Waals surface area contributed by atoms with Gasteiger partial charge in [-0.25, -0.2) is 0 Å². The maximum absolute atomic E-state index is 11.2. The van der Waals surface area contributed by atoms with Crippen LogP contribution in [-0.2, 0) is 22.9 Å². The van der Waals surface area contributed by atoms with E-state index in [4.69, 9.17) is 13.3 Å². The van der Waals surface area contributed by atoms with Crippen LogP contribution in [0.25, 0.3) is 0 Å². The van der Waals surface area contributed by atoms with Gasteiger partial charge in [-0.3, -0.25) is 9.59 Å². The molecule has 0 aromatic carbocycles. The van der Waals surface area contributed by atoms with Crippen LogP contribution in [0, 0.1) is 0 Å². The van der Waals surface area contributed by atoms with Crippen LogP contribution >= 0.6 is 0 Å². The average Bonchev–Trinajstić information content (AvgIpc) is 2.29. The second-order valence-electron chi connectivity index (χ2n) is 3.63. The summed E-state index contributed by atoms with van der Waals surface area (Å²) in [6.07, 6.45) is 0.618. The van der Waals surface area contributed by atoms with Crippen molar-refractivity contribution >= 4 is 20.5 Å².